The molecule has 0 N–H and O–H groups in total. The summed E-state index contributed by atoms with van der Waals surface area (Å²) in [6.45, 7) is 8.74. The van der Waals surface area contributed by atoms with Crippen molar-refractivity contribution in [1.29, 1.82) is 0 Å². The van der Waals surface area contributed by atoms with Crippen LogP contribution < -0.4 is 0 Å². The number of carbonyl (C=O) groups excluding carboxylic acids is 1. The van der Waals surface area contributed by atoms with E-state index in [9.17, 15) is 4.79 Å². The van der Waals surface area contributed by atoms with Gasteiger partial charge in [0.1, 0.15) is 0 Å². The first-order valence-electron chi connectivity index (χ1n) is 6.67. The molecule has 96 valence electrons. The third kappa shape index (κ3) is 2.33. The number of fused-ring (bicyclic) bond motifs is 1. The average Bonchev–Trinajstić information content (AvgIpc) is 2.44. The Bertz CT molecular complexity index is 452. The van der Waals surface area contributed by atoms with Crippen LogP contribution in [0.5, 0.6) is 0 Å². The first kappa shape index (κ1) is 12.9. The van der Waals surface area contributed by atoms with Crippen LogP contribution in [0.1, 0.15) is 31.4 Å². The van der Waals surface area contributed by atoms with E-state index in [4.69, 9.17) is 0 Å². The van der Waals surface area contributed by atoms with E-state index in [0.717, 1.165) is 19.4 Å². The molecule has 18 heavy (non-hydrogen) atoms. The average molecular weight is 243 g/mol. The normalized spacial score (nSPS) is 20.1. The number of hydrogen-bond donors (Lipinski definition) is 0. The standard InChI is InChI=1S/C16H21NO/c1-4-12(3)15-10-13-8-6-7-9-14(13)11-17(15)16(18)5-2/h5-9,12,15H,2,4,10-11H2,1,3H3. The second-order valence-electron chi connectivity index (χ2n) is 5.10. The van der Waals surface area contributed by atoms with Gasteiger partial charge in [-0.05, 0) is 29.5 Å². The Labute approximate surface area is 109 Å². The van der Waals surface area contributed by atoms with Crippen molar-refractivity contribution < 1.29 is 4.79 Å². The monoisotopic (exact) mass is 243 g/mol. The van der Waals surface area contributed by atoms with Gasteiger partial charge in [-0.2, -0.15) is 0 Å². The Kier molecular flexibility index (Phi) is 3.85. The molecule has 2 atom stereocenters. The number of carbonyl (C=O) groups is 1. The Hall–Kier alpha value is -1.57. The van der Waals surface area contributed by atoms with Crippen LogP contribution in [0.4, 0.5) is 0 Å². The summed E-state index contributed by atoms with van der Waals surface area (Å²) in [6, 6.07) is 8.72. The van der Waals surface area contributed by atoms with E-state index in [2.05, 4.69) is 38.6 Å². The largest absolute Gasteiger partial charge is 0.331 e. The highest BCUT2D eigenvalue weighted by Gasteiger charge is 2.31. The molecule has 1 heterocycles. The number of nitrogens with zero attached hydrogens (tertiary/aromatic N) is 1. The second kappa shape index (κ2) is 5.38. The van der Waals surface area contributed by atoms with Crippen LogP contribution in [0.25, 0.3) is 0 Å². The van der Waals surface area contributed by atoms with Crippen LogP contribution in [0.15, 0.2) is 36.9 Å². The van der Waals surface area contributed by atoms with Gasteiger partial charge in [0.15, 0.2) is 0 Å². The van der Waals surface area contributed by atoms with Gasteiger partial charge >= 0.3 is 0 Å². The van der Waals surface area contributed by atoms with Gasteiger partial charge in [0.25, 0.3) is 0 Å². The summed E-state index contributed by atoms with van der Waals surface area (Å²) in [5.74, 6) is 0.567. The fourth-order valence-electron chi connectivity index (χ4n) is 2.69. The maximum absolute atomic E-state index is 12.0. The lowest BCUT2D eigenvalue weighted by Crippen LogP contribution is -2.46. The number of amides is 1. The Morgan fingerprint density at radius 2 is 2.17 bits per heavy atom. The van der Waals surface area contributed by atoms with Crippen molar-refractivity contribution >= 4 is 5.91 Å². The molecule has 2 rings (SSSR count). The summed E-state index contributed by atoms with van der Waals surface area (Å²) in [4.78, 5) is 14.0. The molecule has 2 unspecified atom stereocenters. The Morgan fingerprint density at radius 1 is 1.50 bits per heavy atom. The van der Waals surface area contributed by atoms with Crippen molar-refractivity contribution in [2.75, 3.05) is 0 Å². The Morgan fingerprint density at radius 3 is 2.78 bits per heavy atom. The highest BCUT2D eigenvalue weighted by atomic mass is 16.2. The van der Waals surface area contributed by atoms with E-state index in [0.29, 0.717) is 12.0 Å². The summed E-state index contributed by atoms with van der Waals surface area (Å²) in [5, 5.41) is 0. The zero-order valence-electron chi connectivity index (χ0n) is 11.2. The molecule has 0 saturated carbocycles. The zero-order valence-corrected chi connectivity index (χ0v) is 11.2. The van der Waals surface area contributed by atoms with E-state index in [-0.39, 0.29) is 5.91 Å². The highest BCUT2D eigenvalue weighted by molar-refractivity contribution is 5.87. The fourth-order valence-corrected chi connectivity index (χ4v) is 2.69. The highest BCUT2D eigenvalue weighted by Crippen LogP contribution is 2.28. The molecule has 1 aromatic rings. The predicted molar refractivity (Wildman–Crippen MR) is 74.1 cm³/mol. The van der Waals surface area contributed by atoms with Crippen LogP contribution >= 0.6 is 0 Å². The molecule has 0 aliphatic carbocycles. The molecule has 0 saturated heterocycles. The van der Waals surface area contributed by atoms with E-state index in [1.807, 2.05) is 11.0 Å². The van der Waals surface area contributed by atoms with Gasteiger partial charge in [-0.15, -0.1) is 0 Å². The first-order valence-corrected chi connectivity index (χ1v) is 6.67. The van der Waals surface area contributed by atoms with Gasteiger partial charge in [0.2, 0.25) is 5.91 Å². The summed E-state index contributed by atoms with van der Waals surface area (Å²) in [6.07, 6.45) is 3.49. The molecule has 1 amide bonds. The van der Waals surface area contributed by atoms with Crippen LogP contribution in [0, 0.1) is 5.92 Å². The van der Waals surface area contributed by atoms with Gasteiger partial charge in [0, 0.05) is 12.6 Å². The number of benzene rings is 1. The SMILES string of the molecule is C=CC(=O)N1Cc2ccccc2CC1C(C)CC. The molecule has 0 spiro atoms. The minimum Gasteiger partial charge on any atom is -0.331 e. The van der Waals surface area contributed by atoms with Crippen molar-refractivity contribution in [2.45, 2.75) is 39.3 Å². The Balaban J connectivity index is 2.33. The molecule has 1 aliphatic rings. The lowest BCUT2D eigenvalue weighted by molar-refractivity contribution is -0.130. The minimum absolute atomic E-state index is 0.0507. The number of rotatable bonds is 3. The van der Waals surface area contributed by atoms with Crippen molar-refractivity contribution in [3.8, 4) is 0 Å². The van der Waals surface area contributed by atoms with Crippen molar-refractivity contribution in [1.82, 2.24) is 4.90 Å². The summed E-state index contributed by atoms with van der Waals surface area (Å²) in [5.41, 5.74) is 2.66. The van der Waals surface area contributed by atoms with E-state index < -0.39 is 0 Å². The lowest BCUT2D eigenvalue weighted by Gasteiger charge is -2.39. The van der Waals surface area contributed by atoms with E-state index in [1.165, 1.54) is 17.2 Å². The van der Waals surface area contributed by atoms with Gasteiger partial charge in [-0.3, -0.25) is 4.79 Å². The van der Waals surface area contributed by atoms with Crippen LogP contribution in [0.2, 0.25) is 0 Å². The lowest BCUT2D eigenvalue weighted by atomic mass is 9.86. The smallest absolute Gasteiger partial charge is 0.246 e. The zero-order chi connectivity index (χ0) is 13.1. The molecule has 1 aromatic carbocycles. The van der Waals surface area contributed by atoms with Crippen molar-refractivity contribution in [3.05, 3.63) is 48.0 Å². The third-order valence-electron chi connectivity index (χ3n) is 4.05. The molecule has 0 bridgehead atoms. The van der Waals surface area contributed by atoms with Crippen molar-refractivity contribution in [3.63, 3.8) is 0 Å². The van der Waals surface area contributed by atoms with Crippen molar-refractivity contribution in [2.24, 2.45) is 5.92 Å². The fraction of sp³-hybridized carbons (Fsp3) is 0.438. The molecule has 2 heteroatoms. The maximum Gasteiger partial charge on any atom is 0.246 e. The maximum atomic E-state index is 12.0. The topological polar surface area (TPSA) is 20.3 Å². The van der Waals surface area contributed by atoms with Crippen LogP contribution in [-0.2, 0) is 17.8 Å². The van der Waals surface area contributed by atoms with Gasteiger partial charge < -0.3 is 4.90 Å². The van der Waals surface area contributed by atoms with Gasteiger partial charge in [-0.1, -0.05) is 51.1 Å². The van der Waals surface area contributed by atoms with Crippen LogP contribution in [-0.4, -0.2) is 16.8 Å². The molecule has 0 aromatic heterocycles. The molecular weight excluding hydrogens is 222 g/mol. The summed E-state index contributed by atoms with van der Waals surface area (Å²) >= 11 is 0. The van der Waals surface area contributed by atoms with Crippen LogP contribution in [0.3, 0.4) is 0 Å². The third-order valence-corrected chi connectivity index (χ3v) is 4.05. The first-order chi connectivity index (χ1) is 8.67. The van der Waals surface area contributed by atoms with E-state index in [1.54, 1.807) is 0 Å². The summed E-state index contributed by atoms with van der Waals surface area (Å²) in [7, 11) is 0. The van der Waals surface area contributed by atoms with Gasteiger partial charge in [-0.25, -0.2) is 0 Å². The minimum atomic E-state index is 0.0507. The molecule has 1 aliphatic heterocycles. The van der Waals surface area contributed by atoms with E-state index >= 15 is 0 Å². The second-order valence-corrected chi connectivity index (χ2v) is 5.10. The van der Waals surface area contributed by atoms with Gasteiger partial charge in [0.05, 0.1) is 0 Å². The quantitative estimate of drug-likeness (QED) is 0.747. The number of hydrogen-bond acceptors (Lipinski definition) is 1. The predicted octanol–water partition coefficient (Wildman–Crippen LogP) is 3.17. The summed E-state index contributed by atoms with van der Waals surface area (Å²) < 4.78 is 0. The molecular formula is C16H21NO. The molecule has 2 nitrogen and oxygen atoms in total. The molecule has 0 radical (unpaired) electrons. The molecule has 0 fully saturated rings.